The van der Waals surface area contributed by atoms with Crippen LogP contribution in [-0.2, 0) is 0 Å². The summed E-state index contributed by atoms with van der Waals surface area (Å²) in [5, 5.41) is 0. The summed E-state index contributed by atoms with van der Waals surface area (Å²) in [7, 11) is 0. The van der Waals surface area contributed by atoms with Crippen molar-refractivity contribution < 1.29 is 8.83 Å². The third-order valence-electron chi connectivity index (χ3n) is 1.16. The molecule has 0 bridgehead atoms. The summed E-state index contributed by atoms with van der Waals surface area (Å²) in [6.45, 7) is 0. The van der Waals surface area contributed by atoms with E-state index in [4.69, 9.17) is 8.83 Å². The van der Waals surface area contributed by atoms with Crippen LogP contribution in [0.4, 0.5) is 0 Å². The summed E-state index contributed by atoms with van der Waals surface area (Å²) < 4.78 is 10.4. The average Bonchev–Trinajstić information content (AvgIpc) is 2.55. The van der Waals surface area contributed by atoms with E-state index in [1.54, 1.807) is 6.20 Å². The van der Waals surface area contributed by atoms with Crippen LogP contribution in [0.2, 0.25) is 0 Å². The Morgan fingerprint density at radius 2 is 2.18 bits per heavy atom. The fraction of sp³-hybridized carbons (Fsp3) is 0. The van der Waals surface area contributed by atoms with Crippen LogP contribution < -0.4 is 0 Å². The van der Waals surface area contributed by atoms with Gasteiger partial charge in [-0.3, -0.25) is 0 Å². The monoisotopic (exact) mass is 214 g/mol. The van der Waals surface area contributed by atoms with Crippen LogP contribution in [0.3, 0.4) is 0 Å². The van der Waals surface area contributed by atoms with Gasteiger partial charge in [0.25, 0.3) is 0 Å². The molecule has 0 unspecified atom stereocenters. The van der Waals surface area contributed by atoms with Crippen LogP contribution in [0.5, 0.6) is 0 Å². The van der Waals surface area contributed by atoms with Crippen LogP contribution >= 0.6 is 15.9 Å². The Morgan fingerprint density at radius 3 is 2.73 bits per heavy atom. The Morgan fingerprint density at radius 1 is 1.27 bits per heavy atom. The molecule has 0 aromatic carbocycles. The highest BCUT2D eigenvalue weighted by atomic mass is 79.9. The van der Waals surface area contributed by atoms with Gasteiger partial charge in [0.2, 0.25) is 10.6 Å². The maximum atomic E-state index is 5.00. The van der Waals surface area contributed by atoms with Crippen LogP contribution in [0.1, 0.15) is 0 Å². The minimum absolute atomic E-state index is 0.450. The molecule has 0 fully saturated rings. The van der Waals surface area contributed by atoms with Crippen molar-refractivity contribution in [2.75, 3.05) is 0 Å². The summed E-state index contributed by atoms with van der Waals surface area (Å²) in [5.74, 6) is 0.450. The first-order chi connectivity index (χ1) is 5.38. The minimum atomic E-state index is 0.450. The van der Waals surface area contributed by atoms with E-state index in [1.165, 1.54) is 12.7 Å². The average molecular weight is 215 g/mol. The molecule has 2 heterocycles. The predicted octanol–water partition coefficient (Wildman–Crippen LogP) is 2.09. The molecule has 2 aromatic heterocycles. The third-order valence-corrected chi connectivity index (χ3v) is 1.72. The second-order valence-electron chi connectivity index (χ2n) is 1.81. The van der Waals surface area contributed by atoms with Gasteiger partial charge in [-0.1, -0.05) is 0 Å². The molecule has 5 heteroatoms. The van der Waals surface area contributed by atoms with E-state index in [-0.39, 0.29) is 0 Å². The zero-order valence-electron chi connectivity index (χ0n) is 5.32. The summed E-state index contributed by atoms with van der Waals surface area (Å²) in [6, 6.07) is 0. The molecule has 0 N–H and O–H groups in total. The zero-order valence-corrected chi connectivity index (χ0v) is 6.91. The van der Waals surface area contributed by atoms with Crippen molar-refractivity contribution >= 4 is 15.9 Å². The molecule has 0 amide bonds. The first-order valence-corrected chi connectivity index (χ1v) is 3.66. The largest absolute Gasteiger partial charge is 0.443 e. The molecule has 11 heavy (non-hydrogen) atoms. The van der Waals surface area contributed by atoms with Crippen LogP contribution in [-0.4, -0.2) is 9.97 Å². The number of oxazole rings is 2. The second-order valence-corrected chi connectivity index (χ2v) is 2.53. The summed E-state index contributed by atoms with van der Waals surface area (Å²) >= 11 is 3.16. The van der Waals surface area contributed by atoms with Gasteiger partial charge in [-0.2, -0.15) is 0 Å². The summed E-state index contributed by atoms with van der Waals surface area (Å²) in [6.07, 6.45) is 4.36. The van der Waals surface area contributed by atoms with Gasteiger partial charge < -0.3 is 8.83 Å². The first-order valence-electron chi connectivity index (χ1n) is 2.87. The van der Waals surface area contributed by atoms with E-state index < -0.39 is 0 Å². The van der Waals surface area contributed by atoms with Gasteiger partial charge in [0.1, 0.15) is 6.26 Å². The standard InChI is InChI=1S/C6H3BrN2O2/c7-5-4(9-3-11-5)6-8-1-2-10-6/h1-3H. The molecular formula is C6H3BrN2O2. The van der Waals surface area contributed by atoms with E-state index in [2.05, 4.69) is 25.9 Å². The number of hydrogen-bond acceptors (Lipinski definition) is 4. The van der Waals surface area contributed by atoms with E-state index in [9.17, 15) is 0 Å². The van der Waals surface area contributed by atoms with Crippen LogP contribution in [0.25, 0.3) is 11.6 Å². The molecule has 0 saturated heterocycles. The van der Waals surface area contributed by atoms with Crippen molar-refractivity contribution in [2.24, 2.45) is 0 Å². The lowest BCUT2D eigenvalue weighted by Gasteiger charge is -1.84. The highest BCUT2D eigenvalue weighted by molar-refractivity contribution is 9.10. The lowest BCUT2D eigenvalue weighted by atomic mass is 10.5. The van der Waals surface area contributed by atoms with Crippen LogP contribution in [0, 0.1) is 0 Å². The maximum absolute atomic E-state index is 5.00. The Labute approximate surface area is 70.4 Å². The number of nitrogens with zero attached hydrogens (tertiary/aromatic N) is 2. The molecule has 0 spiro atoms. The molecule has 0 aliphatic rings. The Kier molecular flexibility index (Phi) is 1.50. The highest BCUT2D eigenvalue weighted by Crippen LogP contribution is 2.24. The lowest BCUT2D eigenvalue weighted by molar-refractivity contribution is 0.530. The molecule has 0 radical (unpaired) electrons. The van der Waals surface area contributed by atoms with E-state index in [1.807, 2.05) is 0 Å². The lowest BCUT2D eigenvalue weighted by Crippen LogP contribution is -1.75. The quantitative estimate of drug-likeness (QED) is 0.730. The summed E-state index contributed by atoms with van der Waals surface area (Å²) in [4.78, 5) is 7.79. The van der Waals surface area contributed by atoms with Crippen molar-refractivity contribution in [2.45, 2.75) is 0 Å². The van der Waals surface area contributed by atoms with E-state index in [0.29, 0.717) is 16.3 Å². The third kappa shape index (κ3) is 1.07. The van der Waals surface area contributed by atoms with Crippen molar-refractivity contribution in [3.05, 3.63) is 23.5 Å². The normalized spacial score (nSPS) is 10.3. The van der Waals surface area contributed by atoms with E-state index in [0.717, 1.165) is 0 Å². The molecule has 56 valence electrons. The molecule has 0 atom stereocenters. The second kappa shape index (κ2) is 2.50. The highest BCUT2D eigenvalue weighted by Gasteiger charge is 2.10. The predicted molar refractivity (Wildman–Crippen MR) is 39.7 cm³/mol. The smallest absolute Gasteiger partial charge is 0.249 e. The summed E-state index contributed by atoms with van der Waals surface area (Å²) in [5.41, 5.74) is 0.579. The number of rotatable bonds is 1. The SMILES string of the molecule is Brc1ocnc1-c1ncco1. The van der Waals surface area contributed by atoms with Gasteiger partial charge in [-0.05, 0) is 15.9 Å². The Balaban J connectivity index is 2.53. The maximum Gasteiger partial charge on any atom is 0.249 e. The number of hydrogen-bond donors (Lipinski definition) is 0. The Hall–Kier alpha value is -1.10. The molecule has 2 aromatic rings. The number of aromatic nitrogens is 2. The van der Waals surface area contributed by atoms with Gasteiger partial charge in [0, 0.05) is 0 Å². The molecular weight excluding hydrogens is 212 g/mol. The van der Waals surface area contributed by atoms with Crippen molar-refractivity contribution in [3.8, 4) is 11.6 Å². The number of halogens is 1. The molecule has 0 aliphatic heterocycles. The van der Waals surface area contributed by atoms with Gasteiger partial charge in [-0.15, -0.1) is 0 Å². The van der Waals surface area contributed by atoms with Crippen molar-refractivity contribution in [1.82, 2.24) is 9.97 Å². The van der Waals surface area contributed by atoms with Gasteiger partial charge in [0.05, 0.1) is 6.20 Å². The molecule has 0 aliphatic carbocycles. The van der Waals surface area contributed by atoms with Gasteiger partial charge in [0.15, 0.2) is 12.1 Å². The fourth-order valence-corrected chi connectivity index (χ4v) is 1.07. The van der Waals surface area contributed by atoms with Crippen LogP contribution in [0.15, 0.2) is 32.4 Å². The zero-order chi connectivity index (χ0) is 7.68. The fourth-order valence-electron chi connectivity index (χ4n) is 0.712. The van der Waals surface area contributed by atoms with Gasteiger partial charge >= 0.3 is 0 Å². The topological polar surface area (TPSA) is 52.1 Å². The van der Waals surface area contributed by atoms with Gasteiger partial charge in [-0.25, -0.2) is 9.97 Å². The van der Waals surface area contributed by atoms with Crippen molar-refractivity contribution in [1.29, 1.82) is 0 Å². The molecule has 0 saturated carbocycles. The molecule has 4 nitrogen and oxygen atoms in total. The van der Waals surface area contributed by atoms with Crippen molar-refractivity contribution in [3.63, 3.8) is 0 Å². The minimum Gasteiger partial charge on any atom is -0.443 e. The Bertz CT molecular complexity index is 341. The van der Waals surface area contributed by atoms with E-state index >= 15 is 0 Å². The first kappa shape index (κ1) is 6.60. The molecule has 2 rings (SSSR count).